The SMILES string of the molecule is c1ccc2cc(-c3ccc(-c4nc(-c5ccc(-c6cc7ccccc7c7ccccc67)cc5)nc(-c5cc6ccccc6c6ccccc56)n4)cc3)ncc2c1. The molecule has 4 nitrogen and oxygen atoms in total. The zero-order chi connectivity index (χ0) is 37.0. The number of rotatable bonds is 5. The molecule has 0 spiro atoms. The third-order valence-corrected chi connectivity index (χ3v) is 10.9. The molecule has 0 saturated carbocycles. The standard InChI is InChI=1S/C52H32N4/c1-2-14-40-32-53-49(31-37(40)11-1)34-23-27-36(28-24-34)51-54-50(55-52(56-51)48-30-39-13-4-6-16-42(39)44-18-8-10-20-46(44)48)35-25-21-33(22-26-35)47-29-38-12-3-5-15-41(38)43-17-7-9-19-45(43)47/h1-32H. The summed E-state index contributed by atoms with van der Waals surface area (Å²) in [6, 6.07) is 66.2. The van der Waals surface area contributed by atoms with E-state index in [1.54, 1.807) is 0 Å². The number of hydrogen-bond donors (Lipinski definition) is 0. The minimum absolute atomic E-state index is 0.616. The summed E-state index contributed by atoms with van der Waals surface area (Å²) < 4.78 is 0. The van der Waals surface area contributed by atoms with Gasteiger partial charge in [0.15, 0.2) is 17.5 Å². The lowest BCUT2D eigenvalue weighted by Crippen LogP contribution is -2.01. The molecule has 0 N–H and O–H groups in total. The first-order valence-corrected chi connectivity index (χ1v) is 18.9. The van der Waals surface area contributed by atoms with Gasteiger partial charge in [-0.2, -0.15) is 0 Å². The number of aromatic nitrogens is 4. The molecule has 56 heavy (non-hydrogen) atoms. The van der Waals surface area contributed by atoms with Crippen LogP contribution in [0.25, 0.3) is 110 Å². The van der Waals surface area contributed by atoms with Crippen molar-refractivity contribution in [3.63, 3.8) is 0 Å². The Bertz CT molecular complexity index is 3300. The summed E-state index contributed by atoms with van der Waals surface area (Å²) in [5, 5.41) is 11.9. The Hall–Kier alpha value is -7.56. The molecule has 2 aromatic heterocycles. The van der Waals surface area contributed by atoms with Gasteiger partial charge >= 0.3 is 0 Å². The van der Waals surface area contributed by atoms with Crippen molar-refractivity contribution in [3.8, 4) is 56.5 Å². The van der Waals surface area contributed by atoms with Gasteiger partial charge in [-0.15, -0.1) is 0 Å². The fourth-order valence-corrected chi connectivity index (χ4v) is 8.12. The van der Waals surface area contributed by atoms with E-state index in [4.69, 9.17) is 19.9 Å². The molecule has 0 aliphatic carbocycles. The van der Waals surface area contributed by atoms with Gasteiger partial charge < -0.3 is 0 Å². The van der Waals surface area contributed by atoms with Crippen molar-refractivity contribution in [2.45, 2.75) is 0 Å². The highest BCUT2D eigenvalue weighted by Gasteiger charge is 2.17. The Balaban J connectivity index is 1.06. The molecular weight excluding hydrogens is 681 g/mol. The maximum absolute atomic E-state index is 5.21. The number of nitrogens with zero attached hydrogens (tertiary/aromatic N) is 4. The summed E-state index contributed by atoms with van der Waals surface area (Å²) in [5.41, 5.74) is 7.10. The van der Waals surface area contributed by atoms with Crippen molar-refractivity contribution < 1.29 is 0 Å². The lowest BCUT2D eigenvalue weighted by Gasteiger charge is -2.13. The monoisotopic (exact) mass is 712 g/mol. The van der Waals surface area contributed by atoms with E-state index >= 15 is 0 Å². The Kier molecular flexibility index (Phi) is 7.46. The lowest BCUT2D eigenvalue weighted by molar-refractivity contribution is 1.08. The summed E-state index contributed by atoms with van der Waals surface area (Å²) in [6.45, 7) is 0. The van der Waals surface area contributed by atoms with Crippen LogP contribution in [0.5, 0.6) is 0 Å². The lowest BCUT2D eigenvalue weighted by atomic mass is 9.93. The molecule has 4 heteroatoms. The topological polar surface area (TPSA) is 51.6 Å². The second-order valence-electron chi connectivity index (χ2n) is 14.3. The Morgan fingerprint density at radius 3 is 1.27 bits per heavy atom. The van der Waals surface area contributed by atoms with Crippen LogP contribution in [0.2, 0.25) is 0 Å². The van der Waals surface area contributed by atoms with Crippen LogP contribution >= 0.6 is 0 Å². The summed E-state index contributed by atoms with van der Waals surface area (Å²) in [6.07, 6.45) is 1.94. The smallest absolute Gasteiger partial charge is 0.164 e. The van der Waals surface area contributed by atoms with Gasteiger partial charge in [-0.1, -0.05) is 170 Å². The number of pyridine rings is 1. The van der Waals surface area contributed by atoms with Crippen molar-refractivity contribution in [1.29, 1.82) is 0 Å². The van der Waals surface area contributed by atoms with Crippen molar-refractivity contribution >= 4 is 53.9 Å². The Labute approximate surface area is 323 Å². The van der Waals surface area contributed by atoms with E-state index in [1.165, 1.54) is 37.9 Å². The molecule has 2 heterocycles. The minimum Gasteiger partial charge on any atom is -0.256 e. The van der Waals surface area contributed by atoms with Gasteiger partial charge in [0.05, 0.1) is 5.69 Å². The molecule has 0 unspecified atom stereocenters. The van der Waals surface area contributed by atoms with Crippen LogP contribution in [0.15, 0.2) is 194 Å². The molecule has 0 radical (unpaired) electrons. The summed E-state index contributed by atoms with van der Waals surface area (Å²) in [7, 11) is 0. The summed E-state index contributed by atoms with van der Waals surface area (Å²) in [5.74, 6) is 1.87. The molecule has 11 rings (SSSR count). The Morgan fingerprint density at radius 2 is 0.679 bits per heavy atom. The highest BCUT2D eigenvalue weighted by Crippen LogP contribution is 2.38. The predicted molar refractivity (Wildman–Crippen MR) is 232 cm³/mol. The number of fused-ring (bicyclic) bond motifs is 7. The minimum atomic E-state index is 0.616. The molecule has 0 aliphatic rings. The normalized spacial score (nSPS) is 11.6. The predicted octanol–water partition coefficient (Wildman–Crippen LogP) is 13.4. The van der Waals surface area contributed by atoms with Crippen LogP contribution in [-0.4, -0.2) is 19.9 Å². The van der Waals surface area contributed by atoms with E-state index < -0.39 is 0 Å². The van der Waals surface area contributed by atoms with Gasteiger partial charge in [0.25, 0.3) is 0 Å². The molecular formula is C52H32N4. The first-order valence-electron chi connectivity index (χ1n) is 18.9. The molecule has 0 atom stereocenters. The largest absolute Gasteiger partial charge is 0.256 e. The van der Waals surface area contributed by atoms with Crippen LogP contribution in [0.1, 0.15) is 0 Å². The van der Waals surface area contributed by atoms with Crippen LogP contribution in [0.3, 0.4) is 0 Å². The highest BCUT2D eigenvalue weighted by molar-refractivity contribution is 6.14. The van der Waals surface area contributed by atoms with Gasteiger partial charge in [0, 0.05) is 33.8 Å². The quantitative estimate of drug-likeness (QED) is 0.167. The average Bonchev–Trinajstić information content (AvgIpc) is 3.28. The van der Waals surface area contributed by atoms with Gasteiger partial charge in [-0.3, -0.25) is 4.98 Å². The fraction of sp³-hybridized carbons (Fsp3) is 0. The van der Waals surface area contributed by atoms with E-state index in [1.807, 2.05) is 12.3 Å². The maximum Gasteiger partial charge on any atom is 0.164 e. The zero-order valence-electron chi connectivity index (χ0n) is 30.3. The Morgan fingerprint density at radius 1 is 0.268 bits per heavy atom. The average molecular weight is 713 g/mol. The second kappa shape index (κ2) is 13.1. The van der Waals surface area contributed by atoms with Crippen LogP contribution in [0.4, 0.5) is 0 Å². The summed E-state index contributed by atoms with van der Waals surface area (Å²) in [4.78, 5) is 20.3. The third-order valence-electron chi connectivity index (χ3n) is 10.9. The molecule has 0 bridgehead atoms. The molecule has 0 saturated heterocycles. The van der Waals surface area contributed by atoms with Gasteiger partial charge in [-0.25, -0.2) is 15.0 Å². The first-order chi connectivity index (χ1) is 27.7. The van der Waals surface area contributed by atoms with E-state index in [9.17, 15) is 0 Å². The maximum atomic E-state index is 5.21. The number of hydrogen-bond acceptors (Lipinski definition) is 4. The molecule has 0 aliphatic heterocycles. The van der Waals surface area contributed by atoms with Gasteiger partial charge in [0.1, 0.15) is 0 Å². The van der Waals surface area contributed by atoms with E-state index in [-0.39, 0.29) is 0 Å². The van der Waals surface area contributed by atoms with Crippen molar-refractivity contribution in [1.82, 2.24) is 19.9 Å². The van der Waals surface area contributed by atoms with Gasteiger partial charge in [0.2, 0.25) is 0 Å². The van der Waals surface area contributed by atoms with E-state index in [2.05, 4.69) is 182 Å². The van der Waals surface area contributed by atoms with Crippen LogP contribution in [0, 0.1) is 0 Å². The number of benzene rings is 9. The van der Waals surface area contributed by atoms with E-state index in [0.29, 0.717) is 17.5 Å². The molecule has 9 aromatic carbocycles. The molecule has 0 fully saturated rings. The fourth-order valence-electron chi connectivity index (χ4n) is 8.12. The van der Waals surface area contributed by atoms with Crippen LogP contribution in [-0.2, 0) is 0 Å². The summed E-state index contributed by atoms with van der Waals surface area (Å²) >= 11 is 0. The second-order valence-corrected chi connectivity index (χ2v) is 14.3. The van der Waals surface area contributed by atoms with Crippen LogP contribution < -0.4 is 0 Å². The highest BCUT2D eigenvalue weighted by atomic mass is 15.0. The molecule has 260 valence electrons. The van der Waals surface area contributed by atoms with Crippen molar-refractivity contribution in [2.24, 2.45) is 0 Å². The first kappa shape index (κ1) is 31.9. The molecule has 11 aromatic rings. The van der Waals surface area contributed by atoms with Gasteiger partial charge in [-0.05, 0) is 77.8 Å². The van der Waals surface area contributed by atoms with Crippen molar-refractivity contribution in [2.75, 3.05) is 0 Å². The van der Waals surface area contributed by atoms with E-state index in [0.717, 1.165) is 55.1 Å². The van der Waals surface area contributed by atoms with Crippen molar-refractivity contribution in [3.05, 3.63) is 194 Å². The molecule has 0 amide bonds. The zero-order valence-corrected chi connectivity index (χ0v) is 30.3. The third kappa shape index (κ3) is 5.47.